The molecule has 3 rings (SSSR count). The van der Waals surface area contributed by atoms with Gasteiger partial charge < -0.3 is 29.5 Å². The summed E-state index contributed by atoms with van der Waals surface area (Å²) in [6, 6.07) is 7.07. The van der Waals surface area contributed by atoms with E-state index in [0.717, 1.165) is 18.5 Å². The predicted octanol–water partition coefficient (Wildman–Crippen LogP) is 2.10. The smallest absolute Gasteiger partial charge is 0.337 e. The van der Waals surface area contributed by atoms with Crippen LogP contribution in [0.3, 0.4) is 0 Å². The van der Waals surface area contributed by atoms with Gasteiger partial charge in [0.25, 0.3) is 5.91 Å². The molecule has 2 N–H and O–H groups in total. The van der Waals surface area contributed by atoms with Gasteiger partial charge in [-0.1, -0.05) is 12.1 Å². The van der Waals surface area contributed by atoms with Gasteiger partial charge in [-0.25, -0.2) is 4.79 Å². The largest absolute Gasteiger partial charge is 0.465 e. The van der Waals surface area contributed by atoms with Crippen molar-refractivity contribution in [1.29, 1.82) is 0 Å². The first kappa shape index (κ1) is 25.7. The van der Waals surface area contributed by atoms with E-state index in [9.17, 15) is 14.4 Å². The summed E-state index contributed by atoms with van der Waals surface area (Å²) in [6.07, 6.45) is 5.19. The molecule has 2 aliphatic heterocycles. The van der Waals surface area contributed by atoms with Crippen molar-refractivity contribution in [2.24, 2.45) is 0 Å². The second-order valence-electron chi connectivity index (χ2n) is 8.43. The highest BCUT2D eigenvalue weighted by Gasteiger charge is 2.29. The van der Waals surface area contributed by atoms with Crippen LogP contribution in [0.15, 0.2) is 36.1 Å². The second-order valence-corrected chi connectivity index (χ2v) is 8.43. The van der Waals surface area contributed by atoms with Crippen molar-refractivity contribution in [3.8, 4) is 0 Å². The highest BCUT2D eigenvalue weighted by molar-refractivity contribution is 5.92. The number of likely N-dealkylation sites (tertiary alicyclic amines) is 1. The Bertz CT molecular complexity index is 869. The molecule has 1 fully saturated rings. The summed E-state index contributed by atoms with van der Waals surface area (Å²) in [5.41, 5.74) is 1.38. The summed E-state index contributed by atoms with van der Waals surface area (Å²) in [5.74, 6) is -0.502. The molecule has 1 aromatic carbocycles. The number of benzene rings is 1. The Balaban J connectivity index is 1.62. The zero-order valence-corrected chi connectivity index (χ0v) is 19.7. The molecular formula is C25H34N2O7. The zero-order chi connectivity index (χ0) is 24.3. The predicted molar refractivity (Wildman–Crippen MR) is 124 cm³/mol. The lowest BCUT2D eigenvalue weighted by molar-refractivity contribution is -0.146. The van der Waals surface area contributed by atoms with Crippen LogP contribution in [0.2, 0.25) is 0 Å². The van der Waals surface area contributed by atoms with Crippen LogP contribution in [0.4, 0.5) is 0 Å². The van der Waals surface area contributed by atoms with E-state index < -0.39 is 12.3 Å². The number of carbonyl (C=O) groups excluding carboxylic acids is 3. The second kappa shape index (κ2) is 13.1. The first-order valence-corrected chi connectivity index (χ1v) is 11.9. The Morgan fingerprint density at radius 2 is 2.00 bits per heavy atom. The van der Waals surface area contributed by atoms with Crippen molar-refractivity contribution >= 4 is 17.8 Å². The van der Waals surface area contributed by atoms with Gasteiger partial charge in [0, 0.05) is 45.0 Å². The number of methoxy groups -OCH3 is 1. The topological polar surface area (TPSA) is 114 Å². The van der Waals surface area contributed by atoms with E-state index in [4.69, 9.17) is 19.3 Å². The van der Waals surface area contributed by atoms with E-state index in [2.05, 4.69) is 5.32 Å². The third-order valence-electron chi connectivity index (χ3n) is 5.96. The molecule has 0 radical (unpaired) electrons. The lowest BCUT2D eigenvalue weighted by Gasteiger charge is -2.29. The number of nitrogens with zero attached hydrogens (tertiary/aromatic N) is 1. The normalized spacial score (nSPS) is 20.0. The Labute approximate surface area is 200 Å². The highest BCUT2D eigenvalue weighted by atomic mass is 16.7. The number of aliphatic hydroxyl groups excluding tert-OH is 1. The van der Waals surface area contributed by atoms with Crippen molar-refractivity contribution in [2.45, 2.75) is 50.7 Å². The summed E-state index contributed by atoms with van der Waals surface area (Å²) in [7, 11) is 1.34. The molecule has 1 saturated heterocycles. The van der Waals surface area contributed by atoms with Gasteiger partial charge in [-0.2, -0.15) is 0 Å². The molecular weight excluding hydrogens is 440 g/mol. The fourth-order valence-electron chi connectivity index (χ4n) is 4.06. The summed E-state index contributed by atoms with van der Waals surface area (Å²) in [6.45, 7) is 2.36. The number of carbonyl (C=O) groups is 3. The van der Waals surface area contributed by atoms with Gasteiger partial charge in [0.05, 0.1) is 19.3 Å². The van der Waals surface area contributed by atoms with Crippen molar-refractivity contribution < 1.29 is 33.7 Å². The molecule has 9 heteroatoms. The number of esters is 1. The molecule has 0 saturated carbocycles. The third-order valence-corrected chi connectivity index (χ3v) is 5.96. The maximum absolute atomic E-state index is 12.8. The molecule has 0 aliphatic carbocycles. The maximum Gasteiger partial charge on any atom is 0.337 e. The Morgan fingerprint density at radius 3 is 2.68 bits per heavy atom. The molecule has 0 unspecified atom stereocenters. The van der Waals surface area contributed by atoms with Crippen molar-refractivity contribution in [3.05, 3.63) is 47.2 Å². The number of aliphatic hydroxyl groups is 1. The number of amides is 2. The molecule has 2 aliphatic rings. The maximum atomic E-state index is 12.8. The minimum atomic E-state index is -0.600. The number of rotatable bonds is 12. The van der Waals surface area contributed by atoms with E-state index in [1.54, 1.807) is 18.2 Å². The highest BCUT2D eigenvalue weighted by Crippen LogP contribution is 2.32. The van der Waals surface area contributed by atoms with E-state index in [1.807, 2.05) is 17.0 Å². The summed E-state index contributed by atoms with van der Waals surface area (Å²) in [5, 5.41) is 11.8. The van der Waals surface area contributed by atoms with E-state index in [1.165, 1.54) is 7.11 Å². The SMILES string of the molecule is COC(=O)c1ccc([C@H]2C=C(C(=O)NCCCN3CCCC3=O)O[C@@H](OCCCCO)C2)cc1. The molecule has 186 valence electrons. The molecule has 0 aromatic heterocycles. The van der Waals surface area contributed by atoms with Crippen molar-refractivity contribution in [1.82, 2.24) is 10.2 Å². The number of hydrogen-bond acceptors (Lipinski definition) is 7. The molecule has 0 bridgehead atoms. The van der Waals surface area contributed by atoms with Crippen LogP contribution in [-0.2, 0) is 23.8 Å². The van der Waals surface area contributed by atoms with Gasteiger partial charge in [0.1, 0.15) is 0 Å². The van der Waals surface area contributed by atoms with E-state index >= 15 is 0 Å². The molecule has 2 heterocycles. The van der Waals surface area contributed by atoms with E-state index in [-0.39, 0.29) is 30.1 Å². The van der Waals surface area contributed by atoms with Gasteiger partial charge in [-0.15, -0.1) is 0 Å². The Morgan fingerprint density at radius 1 is 1.21 bits per heavy atom. The molecule has 1 aromatic rings. The average molecular weight is 475 g/mol. The molecule has 0 spiro atoms. The van der Waals surface area contributed by atoms with Crippen LogP contribution in [0.5, 0.6) is 0 Å². The van der Waals surface area contributed by atoms with Crippen LogP contribution in [0.1, 0.15) is 60.4 Å². The molecule has 2 amide bonds. The average Bonchev–Trinajstić information content (AvgIpc) is 3.28. The number of ether oxygens (including phenoxy) is 3. The number of nitrogens with one attached hydrogen (secondary N) is 1. The Kier molecular flexibility index (Phi) is 9.90. The molecule has 9 nitrogen and oxygen atoms in total. The van der Waals surface area contributed by atoms with Gasteiger partial charge in [-0.3, -0.25) is 9.59 Å². The first-order chi connectivity index (χ1) is 16.5. The van der Waals surface area contributed by atoms with Crippen LogP contribution in [-0.4, -0.2) is 74.0 Å². The van der Waals surface area contributed by atoms with Crippen molar-refractivity contribution in [2.75, 3.05) is 40.0 Å². The van der Waals surface area contributed by atoms with Gasteiger partial charge in [0.15, 0.2) is 5.76 Å². The third kappa shape index (κ3) is 7.30. The summed E-state index contributed by atoms with van der Waals surface area (Å²) < 4.78 is 16.4. The minimum absolute atomic E-state index is 0.0979. The first-order valence-electron chi connectivity index (χ1n) is 11.9. The Hall–Kier alpha value is -2.91. The summed E-state index contributed by atoms with van der Waals surface area (Å²) >= 11 is 0. The number of unbranched alkanes of at least 4 members (excludes halogenated alkanes) is 1. The van der Waals surface area contributed by atoms with Crippen LogP contribution in [0.25, 0.3) is 0 Å². The monoisotopic (exact) mass is 474 g/mol. The fraction of sp³-hybridized carbons (Fsp3) is 0.560. The van der Waals surface area contributed by atoms with Crippen molar-refractivity contribution in [3.63, 3.8) is 0 Å². The lowest BCUT2D eigenvalue weighted by atomic mass is 9.92. The van der Waals surface area contributed by atoms with Crippen LogP contribution in [0, 0.1) is 0 Å². The van der Waals surface area contributed by atoms with Gasteiger partial charge in [-0.05, 0) is 49.5 Å². The van der Waals surface area contributed by atoms with Gasteiger partial charge in [0.2, 0.25) is 12.2 Å². The van der Waals surface area contributed by atoms with Gasteiger partial charge >= 0.3 is 5.97 Å². The zero-order valence-electron chi connectivity index (χ0n) is 19.7. The number of hydrogen-bond donors (Lipinski definition) is 2. The lowest BCUT2D eigenvalue weighted by Crippen LogP contribution is -2.35. The molecule has 34 heavy (non-hydrogen) atoms. The van der Waals surface area contributed by atoms with Crippen LogP contribution < -0.4 is 5.32 Å². The minimum Gasteiger partial charge on any atom is -0.465 e. The fourth-order valence-corrected chi connectivity index (χ4v) is 4.06. The number of allylic oxidation sites excluding steroid dienone is 1. The molecule has 2 atom stereocenters. The van der Waals surface area contributed by atoms with E-state index in [0.29, 0.717) is 57.4 Å². The standard InChI is InChI=1S/C25H34N2O7/c1-32-25(31)19-9-7-18(8-10-19)20-16-21(34-23(17-20)33-15-3-2-14-28)24(30)26-11-5-13-27-12-4-6-22(27)29/h7-10,16,20,23,28H,2-6,11-15,17H2,1H3,(H,26,30)/t20-,23+/m0/s1. The summed E-state index contributed by atoms with van der Waals surface area (Å²) in [4.78, 5) is 38.1. The van der Waals surface area contributed by atoms with Crippen LogP contribution >= 0.6 is 0 Å². The quantitative estimate of drug-likeness (QED) is 0.352.